The zero-order valence-corrected chi connectivity index (χ0v) is 15.6. The minimum absolute atomic E-state index is 0.215. The van der Waals surface area contributed by atoms with E-state index in [0.29, 0.717) is 16.9 Å². The number of benzene rings is 3. The van der Waals surface area contributed by atoms with Crippen LogP contribution in [-0.2, 0) is 0 Å². The number of carbonyl (C=O) groups is 1. The summed E-state index contributed by atoms with van der Waals surface area (Å²) in [6.45, 7) is 0. The molecule has 0 saturated heterocycles. The van der Waals surface area contributed by atoms with Crippen LogP contribution >= 0.6 is 15.9 Å². The second-order valence-electron chi connectivity index (χ2n) is 5.62. The van der Waals surface area contributed by atoms with Gasteiger partial charge in [-0.2, -0.15) is 5.26 Å². The molecule has 0 heterocycles. The molecule has 0 N–H and O–H groups in total. The molecule has 3 nitrogen and oxygen atoms in total. The molecule has 3 aromatic rings. The first-order valence-electron chi connectivity index (χ1n) is 8.01. The van der Waals surface area contributed by atoms with Crippen LogP contribution in [0.2, 0.25) is 0 Å². The Morgan fingerprint density at radius 3 is 2.44 bits per heavy atom. The minimum Gasteiger partial charge on any atom is -0.423 e. The van der Waals surface area contributed by atoms with E-state index in [1.807, 2.05) is 12.1 Å². The van der Waals surface area contributed by atoms with Crippen molar-refractivity contribution in [3.8, 4) is 11.8 Å². The van der Waals surface area contributed by atoms with E-state index < -0.39 is 11.8 Å². The SMILES string of the molecule is N#C/C(=C/c1ccc(OC(=O)c2cccc(Br)c2)cc1)c1ccccc1F. The molecule has 3 rings (SSSR count). The fourth-order valence-electron chi connectivity index (χ4n) is 2.43. The van der Waals surface area contributed by atoms with Crippen molar-refractivity contribution in [1.82, 2.24) is 0 Å². The van der Waals surface area contributed by atoms with Gasteiger partial charge in [-0.3, -0.25) is 0 Å². The summed E-state index contributed by atoms with van der Waals surface area (Å²) in [5, 5.41) is 9.33. The lowest BCUT2D eigenvalue weighted by Gasteiger charge is -2.06. The Bertz CT molecular complexity index is 1050. The van der Waals surface area contributed by atoms with Crippen LogP contribution in [0.1, 0.15) is 21.5 Å². The Morgan fingerprint density at radius 2 is 1.78 bits per heavy atom. The fraction of sp³-hybridized carbons (Fsp3) is 0. The Labute approximate surface area is 164 Å². The van der Waals surface area contributed by atoms with E-state index in [0.717, 1.165) is 4.47 Å². The predicted molar refractivity (Wildman–Crippen MR) is 105 cm³/mol. The lowest BCUT2D eigenvalue weighted by Crippen LogP contribution is -2.08. The topological polar surface area (TPSA) is 50.1 Å². The first kappa shape index (κ1) is 18.6. The van der Waals surface area contributed by atoms with Gasteiger partial charge in [-0.05, 0) is 48.0 Å². The van der Waals surface area contributed by atoms with Gasteiger partial charge in [0.2, 0.25) is 0 Å². The molecule has 3 aromatic carbocycles. The molecule has 0 aliphatic carbocycles. The highest BCUT2D eigenvalue weighted by atomic mass is 79.9. The van der Waals surface area contributed by atoms with Crippen LogP contribution in [0.15, 0.2) is 77.3 Å². The first-order valence-corrected chi connectivity index (χ1v) is 8.80. The van der Waals surface area contributed by atoms with Crippen molar-refractivity contribution in [1.29, 1.82) is 5.26 Å². The maximum absolute atomic E-state index is 13.9. The zero-order chi connectivity index (χ0) is 19.2. The summed E-state index contributed by atoms with van der Waals surface area (Å²) < 4.78 is 20.0. The van der Waals surface area contributed by atoms with Crippen LogP contribution in [0.4, 0.5) is 4.39 Å². The number of allylic oxidation sites excluding steroid dienone is 1. The van der Waals surface area contributed by atoms with Crippen LogP contribution < -0.4 is 4.74 Å². The summed E-state index contributed by atoms with van der Waals surface area (Å²) in [4.78, 5) is 12.2. The van der Waals surface area contributed by atoms with Crippen LogP contribution in [-0.4, -0.2) is 5.97 Å². The van der Waals surface area contributed by atoms with Crippen LogP contribution in [0.25, 0.3) is 11.6 Å². The van der Waals surface area contributed by atoms with Crippen molar-refractivity contribution >= 4 is 33.5 Å². The van der Waals surface area contributed by atoms with Gasteiger partial charge in [0.05, 0.1) is 17.2 Å². The number of esters is 1. The Kier molecular flexibility index (Phi) is 5.80. The molecule has 0 radical (unpaired) electrons. The molecule has 0 aliphatic rings. The number of hydrogen-bond donors (Lipinski definition) is 0. The third-order valence-corrected chi connectivity index (χ3v) is 4.24. The molecule has 0 saturated carbocycles. The lowest BCUT2D eigenvalue weighted by molar-refractivity contribution is 0.0734. The third-order valence-electron chi connectivity index (χ3n) is 3.75. The Hall–Kier alpha value is -3.23. The summed E-state index contributed by atoms with van der Waals surface area (Å²) in [5.41, 5.74) is 1.58. The van der Waals surface area contributed by atoms with Gasteiger partial charge in [0, 0.05) is 10.0 Å². The Balaban J connectivity index is 1.78. The van der Waals surface area contributed by atoms with Gasteiger partial charge >= 0.3 is 5.97 Å². The highest BCUT2D eigenvalue weighted by Gasteiger charge is 2.10. The molecule has 0 fully saturated rings. The number of nitriles is 1. The monoisotopic (exact) mass is 421 g/mol. The average Bonchev–Trinajstić information content (AvgIpc) is 2.68. The second-order valence-corrected chi connectivity index (χ2v) is 6.53. The molecule has 0 unspecified atom stereocenters. The lowest BCUT2D eigenvalue weighted by atomic mass is 10.0. The highest BCUT2D eigenvalue weighted by Crippen LogP contribution is 2.22. The number of nitrogens with zero attached hydrogens (tertiary/aromatic N) is 1. The smallest absolute Gasteiger partial charge is 0.343 e. The first-order chi connectivity index (χ1) is 13.1. The van der Waals surface area contributed by atoms with E-state index >= 15 is 0 Å². The Morgan fingerprint density at radius 1 is 1.04 bits per heavy atom. The summed E-state index contributed by atoms with van der Waals surface area (Å²) in [5.74, 6) is -0.546. The van der Waals surface area contributed by atoms with E-state index in [4.69, 9.17) is 4.74 Å². The fourth-order valence-corrected chi connectivity index (χ4v) is 2.83. The van der Waals surface area contributed by atoms with Gasteiger partial charge in [0.15, 0.2) is 0 Å². The van der Waals surface area contributed by atoms with Crippen molar-refractivity contribution in [3.63, 3.8) is 0 Å². The highest BCUT2D eigenvalue weighted by molar-refractivity contribution is 9.10. The van der Waals surface area contributed by atoms with E-state index in [1.165, 1.54) is 6.07 Å². The third kappa shape index (κ3) is 4.69. The summed E-state index contributed by atoms with van der Waals surface area (Å²) in [7, 11) is 0. The molecule has 0 spiro atoms. The predicted octanol–water partition coefficient (Wildman–Crippen LogP) is 5.87. The van der Waals surface area contributed by atoms with Gasteiger partial charge in [0.25, 0.3) is 0 Å². The van der Waals surface area contributed by atoms with E-state index in [2.05, 4.69) is 15.9 Å². The quantitative estimate of drug-likeness (QED) is 0.229. The molecular formula is C22H13BrFNO2. The van der Waals surface area contributed by atoms with E-state index in [1.54, 1.807) is 66.7 Å². The van der Waals surface area contributed by atoms with Crippen LogP contribution in [0, 0.1) is 17.1 Å². The molecule has 132 valence electrons. The summed E-state index contributed by atoms with van der Waals surface area (Å²) in [6, 6.07) is 21.7. The zero-order valence-electron chi connectivity index (χ0n) is 14.0. The van der Waals surface area contributed by atoms with Gasteiger partial charge in [0.1, 0.15) is 11.6 Å². The van der Waals surface area contributed by atoms with Gasteiger partial charge in [-0.15, -0.1) is 0 Å². The number of halogens is 2. The van der Waals surface area contributed by atoms with Crippen molar-refractivity contribution in [2.75, 3.05) is 0 Å². The molecule has 0 aromatic heterocycles. The normalized spacial score (nSPS) is 10.9. The second kappa shape index (κ2) is 8.43. The number of hydrogen-bond acceptors (Lipinski definition) is 3. The van der Waals surface area contributed by atoms with E-state index in [-0.39, 0.29) is 11.1 Å². The number of ether oxygens (including phenoxy) is 1. The molecule has 0 amide bonds. The molecule has 27 heavy (non-hydrogen) atoms. The van der Waals surface area contributed by atoms with Gasteiger partial charge in [-0.25, -0.2) is 9.18 Å². The standard InChI is InChI=1S/C22H13BrFNO2/c23-18-5-3-4-16(13-18)22(26)27-19-10-8-15(9-11-19)12-17(14-25)20-6-1-2-7-21(20)24/h1-13H/b17-12-. The van der Waals surface area contributed by atoms with E-state index in [9.17, 15) is 14.4 Å². The van der Waals surface area contributed by atoms with Gasteiger partial charge < -0.3 is 4.74 Å². The number of carbonyl (C=O) groups excluding carboxylic acids is 1. The molecular weight excluding hydrogens is 409 g/mol. The van der Waals surface area contributed by atoms with Crippen molar-refractivity contribution < 1.29 is 13.9 Å². The number of rotatable bonds is 4. The molecule has 0 aliphatic heterocycles. The maximum Gasteiger partial charge on any atom is 0.343 e. The van der Waals surface area contributed by atoms with Gasteiger partial charge in [-0.1, -0.05) is 52.3 Å². The average molecular weight is 422 g/mol. The minimum atomic E-state index is -0.469. The van der Waals surface area contributed by atoms with Crippen molar-refractivity contribution in [3.05, 3.63) is 99.8 Å². The largest absolute Gasteiger partial charge is 0.423 e. The summed E-state index contributed by atoms with van der Waals surface area (Å²) in [6.07, 6.45) is 1.58. The molecule has 5 heteroatoms. The maximum atomic E-state index is 13.9. The summed E-state index contributed by atoms with van der Waals surface area (Å²) >= 11 is 3.31. The van der Waals surface area contributed by atoms with Crippen LogP contribution in [0.5, 0.6) is 5.75 Å². The van der Waals surface area contributed by atoms with Crippen molar-refractivity contribution in [2.45, 2.75) is 0 Å². The molecule has 0 atom stereocenters. The molecule has 0 bridgehead atoms. The van der Waals surface area contributed by atoms with Crippen LogP contribution in [0.3, 0.4) is 0 Å². The van der Waals surface area contributed by atoms with Crippen molar-refractivity contribution in [2.24, 2.45) is 0 Å².